The van der Waals surface area contributed by atoms with Crippen molar-refractivity contribution in [1.29, 1.82) is 0 Å². The topological polar surface area (TPSA) is 92.9 Å². The Labute approximate surface area is 120 Å². The third kappa shape index (κ3) is 2.72. The third-order valence-electron chi connectivity index (χ3n) is 3.08. The molecule has 1 unspecified atom stereocenters. The maximum Gasteiger partial charge on any atom is 0.249 e. The molecule has 0 radical (unpaired) electrons. The number of aliphatic hydroxyl groups is 1. The molecule has 0 aliphatic rings. The van der Waals surface area contributed by atoms with Crippen molar-refractivity contribution in [3.05, 3.63) is 49.3 Å². The fourth-order valence-corrected chi connectivity index (χ4v) is 2.03. The van der Waals surface area contributed by atoms with Crippen molar-refractivity contribution in [2.45, 2.75) is 6.04 Å². The van der Waals surface area contributed by atoms with E-state index in [1.165, 1.54) is 12.5 Å². The molecule has 3 heterocycles. The van der Waals surface area contributed by atoms with Gasteiger partial charge in [-0.2, -0.15) is 0 Å². The van der Waals surface area contributed by atoms with Crippen molar-refractivity contribution in [3.8, 4) is 0 Å². The van der Waals surface area contributed by atoms with Gasteiger partial charge in [-0.25, -0.2) is 15.0 Å². The minimum Gasteiger partial charge on any atom is -0.394 e. The van der Waals surface area contributed by atoms with Crippen molar-refractivity contribution in [2.24, 2.45) is 0 Å². The van der Waals surface area contributed by atoms with Gasteiger partial charge in [0.1, 0.15) is 6.04 Å². The Morgan fingerprint density at radius 3 is 3.05 bits per heavy atom. The van der Waals surface area contributed by atoms with E-state index in [1.807, 2.05) is 6.07 Å². The van der Waals surface area contributed by atoms with Gasteiger partial charge in [-0.3, -0.25) is 4.79 Å². The molecule has 0 saturated carbocycles. The van der Waals surface area contributed by atoms with E-state index in [0.717, 1.165) is 5.39 Å². The first-order valence-electron chi connectivity index (χ1n) is 6.38. The van der Waals surface area contributed by atoms with Crippen LogP contribution < -0.4 is 5.32 Å². The predicted octanol–water partition coefficient (Wildman–Crippen LogP) is 0.998. The lowest BCUT2D eigenvalue weighted by Crippen LogP contribution is -2.28. The van der Waals surface area contributed by atoms with Gasteiger partial charge >= 0.3 is 0 Å². The molecule has 3 aromatic heterocycles. The quantitative estimate of drug-likeness (QED) is 0.745. The average molecular weight is 283 g/mol. The summed E-state index contributed by atoms with van der Waals surface area (Å²) in [5.41, 5.74) is 1.17. The van der Waals surface area contributed by atoms with Gasteiger partial charge in [0.15, 0.2) is 5.65 Å². The summed E-state index contributed by atoms with van der Waals surface area (Å²) in [5.74, 6) is -0.333. The largest absolute Gasteiger partial charge is 0.394 e. The number of fused-ring (bicyclic) bond motifs is 1. The first-order chi connectivity index (χ1) is 10.3. The number of aromatic nitrogens is 4. The van der Waals surface area contributed by atoms with Gasteiger partial charge in [-0.05, 0) is 18.2 Å². The summed E-state index contributed by atoms with van der Waals surface area (Å²) in [4.78, 5) is 24.4. The maximum atomic E-state index is 12.2. The molecular weight excluding hydrogens is 270 g/mol. The highest BCUT2D eigenvalue weighted by Crippen LogP contribution is 2.16. The number of anilines is 1. The van der Waals surface area contributed by atoms with E-state index in [0.29, 0.717) is 11.3 Å². The lowest BCUT2D eigenvalue weighted by molar-refractivity contribution is -0.120. The van der Waals surface area contributed by atoms with E-state index in [1.54, 1.807) is 35.3 Å². The number of hydrogen-bond donors (Lipinski definition) is 2. The summed E-state index contributed by atoms with van der Waals surface area (Å²) < 4.78 is 1.55. The van der Waals surface area contributed by atoms with Crippen LogP contribution in [-0.4, -0.2) is 37.1 Å². The third-order valence-corrected chi connectivity index (χ3v) is 3.08. The number of carbonyl (C=O) groups is 1. The molecule has 0 spiro atoms. The number of pyridine rings is 2. The van der Waals surface area contributed by atoms with Crippen molar-refractivity contribution in [1.82, 2.24) is 19.5 Å². The summed E-state index contributed by atoms with van der Waals surface area (Å²) in [6.45, 7) is -0.315. The number of nitrogens with zero attached hydrogens (tertiary/aromatic N) is 4. The second kappa shape index (κ2) is 5.68. The van der Waals surface area contributed by atoms with Crippen LogP contribution in [0.15, 0.2) is 49.3 Å². The maximum absolute atomic E-state index is 12.2. The van der Waals surface area contributed by atoms with E-state index in [4.69, 9.17) is 0 Å². The molecular formula is C14H13N5O2. The van der Waals surface area contributed by atoms with E-state index in [2.05, 4.69) is 20.3 Å². The molecule has 7 nitrogen and oxygen atoms in total. The molecule has 106 valence electrons. The van der Waals surface area contributed by atoms with Crippen LogP contribution in [-0.2, 0) is 4.79 Å². The van der Waals surface area contributed by atoms with E-state index in [-0.39, 0.29) is 12.5 Å². The zero-order valence-electron chi connectivity index (χ0n) is 11.0. The van der Waals surface area contributed by atoms with Gasteiger partial charge in [-0.15, -0.1) is 0 Å². The standard InChI is InChI=1S/C14H13N5O2/c20-8-12(19-5-4-15-9-19)14(21)18-11-6-10-2-1-3-16-13(10)17-7-11/h1-7,9,12,20H,8H2,(H,18,21). The average Bonchev–Trinajstić information content (AvgIpc) is 3.02. The highest BCUT2D eigenvalue weighted by molar-refractivity contribution is 5.95. The van der Waals surface area contributed by atoms with Crippen molar-refractivity contribution < 1.29 is 9.90 Å². The Hall–Kier alpha value is -2.80. The van der Waals surface area contributed by atoms with Crippen molar-refractivity contribution in [2.75, 3.05) is 11.9 Å². The number of amides is 1. The smallest absolute Gasteiger partial charge is 0.249 e. The summed E-state index contributed by atoms with van der Waals surface area (Å²) in [6, 6.07) is 4.73. The van der Waals surface area contributed by atoms with Crippen LogP contribution in [0.2, 0.25) is 0 Å². The molecule has 0 fully saturated rings. The van der Waals surface area contributed by atoms with Crippen LogP contribution in [0.25, 0.3) is 11.0 Å². The first kappa shape index (κ1) is 13.2. The fourth-order valence-electron chi connectivity index (χ4n) is 2.03. The molecule has 2 N–H and O–H groups in total. The molecule has 7 heteroatoms. The van der Waals surface area contributed by atoms with Crippen molar-refractivity contribution >= 4 is 22.6 Å². The van der Waals surface area contributed by atoms with Gasteiger partial charge in [-0.1, -0.05) is 0 Å². The molecule has 3 aromatic rings. The Balaban J connectivity index is 1.82. The molecule has 0 aliphatic carbocycles. The highest BCUT2D eigenvalue weighted by atomic mass is 16.3. The van der Waals surface area contributed by atoms with Gasteiger partial charge < -0.3 is 15.0 Å². The molecule has 21 heavy (non-hydrogen) atoms. The number of nitrogens with one attached hydrogen (secondary N) is 1. The fraction of sp³-hybridized carbons (Fsp3) is 0.143. The van der Waals surface area contributed by atoms with Crippen LogP contribution in [0.3, 0.4) is 0 Å². The SMILES string of the molecule is O=C(Nc1cnc2ncccc2c1)C(CO)n1ccnc1. The predicted molar refractivity (Wildman–Crippen MR) is 76.5 cm³/mol. The Morgan fingerprint density at radius 2 is 2.29 bits per heavy atom. The summed E-state index contributed by atoms with van der Waals surface area (Å²) in [7, 11) is 0. The zero-order chi connectivity index (χ0) is 14.7. The Kier molecular flexibility index (Phi) is 3.57. The summed E-state index contributed by atoms with van der Waals surface area (Å²) in [5, 5.41) is 13.0. The van der Waals surface area contributed by atoms with Crippen molar-refractivity contribution in [3.63, 3.8) is 0 Å². The second-order valence-corrected chi connectivity index (χ2v) is 4.47. The second-order valence-electron chi connectivity index (χ2n) is 4.47. The van der Waals surface area contributed by atoms with Gasteiger partial charge in [0.05, 0.1) is 24.8 Å². The number of hydrogen-bond acceptors (Lipinski definition) is 5. The number of aliphatic hydroxyl groups excluding tert-OH is 1. The molecule has 1 atom stereocenters. The van der Waals surface area contributed by atoms with Crippen LogP contribution in [0.5, 0.6) is 0 Å². The van der Waals surface area contributed by atoms with E-state index < -0.39 is 6.04 Å². The Bertz CT molecular complexity index is 757. The van der Waals surface area contributed by atoms with Gasteiger partial charge in [0.2, 0.25) is 5.91 Å². The molecule has 1 amide bonds. The molecule has 0 aromatic carbocycles. The molecule has 0 aliphatic heterocycles. The lowest BCUT2D eigenvalue weighted by Gasteiger charge is -2.15. The van der Waals surface area contributed by atoms with E-state index >= 15 is 0 Å². The first-order valence-corrected chi connectivity index (χ1v) is 6.38. The van der Waals surface area contributed by atoms with Crippen LogP contribution in [0, 0.1) is 0 Å². The van der Waals surface area contributed by atoms with Crippen LogP contribution in [0.4, 0.5) is 5.69 Å². The minimum atomic E-state index is -0.725. The number of rotatable bonds is 4. The van der Waals surface area contributed by atoms with E-state index in [9.17, 15) is 9.90 Å². The van der Waals surface area contributed by atoms with Gasteiger partial charge in [0, 0.05) is 24.0 Å². The highest BCUT2D eigenvalue weighted by Gasteiger charge is 2.19. The molecule has 0 saturated heterocycles. The Morgan fingerprint density at radius 1 is 1.38 bits per heavy atom. The minimum absolute atomic E-state index is 0.315. The number of imidazole rings is 1. The lowest BCUT2D eigenvalue weighted by atomic mass is 10.2. The molecule has 3 rings (SSSR count). The van der Waals surface area contributed by atoms with Crippen LogP contribution >= 0.6 is 0 Å². The normalized spacial score (nSPS) is 12.2. The van der Waals surface area contributed by atoms with Crippen LogP contribution in [0.1, 0.15) is 6.04 Å². The summed E-state index contributed by atoms with van der Waals surface area (Å²) in [6.07, 6.45) is 7.87. The summed E-state index contributed by atoms with van der Waals surface area (Å²) >= 11 is 0. The monoisotopic (exact) mass is 283 g/mol. The molecule has 0 bridgehead atoms. The van der Waals surface area contributed by atoms with Gasteiger partial charge in [0.25, 0.3) is 0 Å². The number of carbonyl (C=O) groups excluding carboxylic acids is 1. The zero-order valence-corrected chi connectivity index (χ0v) is 11.0.